The molecule has 1 atom stereocenters. The minimum absolute atomic E-state index is 0.0596. The van der Waals surface area contributed by atoms with E-state index in [2.05, 4.69) is 9.88 Å². The van der Waals surface area contributed by atoms with E-state index in [0.717, 1.165) is 36.0 Å². The van der Waals surface area contributed by atoms with E-state index >= 15 is 0 Å². The molecule has 0 radical (unpaired) electrons. The third kappa shape index (κ3) is 2.69. The summed E-state index contributed by atoms with van der Waals surface area (Å²) in [6.07, 6.45) is 5.18. The summed E-state index contributed by atoms with van der Waals surface area (Å²) >= 11 is 0. The number of pyridine rings is 1. The van der Waals surface area contributed by atoms with E-state index in [4.69, 9.17) is 0 Å². The molecular formula is C19H16FN3O2. The molecule has 1 aromatic heterocycles. The standard InChI is InChI=1S/C19H16FN3O2/c20-14-5-3-13(4-6-14)17-2-1-11-22(17)18-7-8-19(23(24)25)16-12-21-10-9-15(16)18/h3-10,12,17H,1-2,11H2. The Hall–Kier alpha value is -3.02. The third-order valence-corrected chi connectivity index (χ3v) is 4.79. The number of fused-ring (bicyclic) bond motifs is 1. The average Bonchev–Trinajstić information content (AvgIpc) is 3.10. The van der Waals surface area contributed by atoms with Crippen LogP contribution in [0.15, 0.2) is 54.9 Å². The van der Waals surface area contributed by atoms with Gasteiger partial charge in [-0.25, -0.2) is 4.39 Å². The number of benzene rings is 2. The third-order valence-electron chi connectivity index (χ3n) is 4.79. The van der Waals surface area contributed by atoms with Gasteiger partial charge >= 0.3 is 0 Å². The molecule has 0 spiro atoms. The number of aromatic nitrogens is 1. The van der Waals surface area contributed by atoms with Crippen LogP contribution in [0, 0.1) is 15.9 Å². The van der Waals surface area contributed by atoms with Gasteiger partial charge < -0.3 is 4.90 Å². The maximum atomic E-state index is 13.2. The highest BCUT2D eigenvalue weighted by atomic mass is 19.1. The normalized spacial score (nSPS) is 17.2. The highest BCUT2D eigenvalue weighted by molar-refractivity contribution is 5.99. The zero-order valence-corrected chi connectivity index (χ0v) is 13.4. The van der Waals surface area contributed by atoms with Crippen molar-refractivity contribution in [2.75, 3.05) is 11.4 Å². The number of halogens is 1. The van der Waals surface area contributed by atoms with Crippen LogP contribution in [0.25, 0.3) is 10.8 Å². The number of anilines is 1. The fourth-order valence-corrected chi connectivity index (χ4v) is 3.66. The zero-order chi connectivity index (χ0) is 17.4. The van der Waals surface area contributed by atoms with Crippen molar-refractivity contribution in [1.82, 2.24) is 4.98 Å². The van der Waals surface area contributed by atoms with Crippen molar-refractivity contribution in [2.24, 2.45) is 0 Å². The maximum Gasteiger partial charge on any atom is 0.278 e. The topological polar surface area (TPSA) is 59.3 Å². The van der Waals surface area contributed by atoms with Crippen molar-refractivity contribution >= 4 is 22.1 Å². The van der Waals surface area contributed by atoms with Crippen LogP contribution in [0.3, 0.4) is 0 Å². The van der Waals surface area contributed by atoms with Crippen molar-refractivity contribution < 1.29 is 9.31 Å². The summed E-state index contributed by atoms with van der Waals surface area (Å²) in [7, 11) is 0. The lowest BCUT2D eigenvalue weighted by Gasteiger charge is -2.28. The number of nitro benzene ring substituents is 1. The smallest absolute Gasteiger partial charge is 0.278 e. The lowest BCUT2D eigenvalue weighted by Crippen LogP contribution is -2.22. The quantitative estimate of drug-likeness (QED) is 0.517. The molecule has 2 aromatic carbocycles. The summed E-state index contributed by atoms with van der Waals surface area (Å²) in [4.78, 5) is 17.2. The average molecular weight is 337 g/mol. The molecule has 25 heavy (non-hydrogen) atoms. The molecule has 1 aliphatic rings. The number of nitro groups is 1. The van der Waals surface area contributed by atoms with E-state index in [1.54, 1.807) is 18.5 Å². The predicted octanol–water partition coefficient (Wildman–Crippen LogP) is 4.62. The van der Waals surface area contributed by atoms with E-state index in [1.165, 1.54) is 12.1 Å². The Kier molecular flexibility index (Phi) is 3.80. The molecule has 1 aliphatic heterocycles. The summed E-state index contributed by atoms with van der Waals surface area (Å²) in [5, 5.41) is 12.6. The zero-order valence-electron chi connectivity index (χ0n) is 13.4. The number of rotatable bonds is 3. The first kappa shape index (κ1) is 15.5. The molecule has 0 amide bonds. The van der Waals surface area contributed by atoms with Gasteiger partial charge in [0.15, 0.2) is 0 Å². The first-order valence-corrected chi connectivity index (χ1v) is 8.18. The lowest BCUT2D eigenvalue weighted by molar-refractivity contribution is -0.383. The van der Waals surface area contributed by atoms with Crippen molar-refractivity contribution in [3.63, 3.8) is 0 Å². The van der Waals surface area contributed by atoms with Crippen LogP contribution in [-0.2, 0) is 0 Å². The fraction of sp³-hybridized carbons (Fsp3) is 0.211. The number of nitrogens with zero attached hydrogens (tertiary/aromatic N) is 3. The van der Waals surface area contributed by atoms with E-state index < -0.39 is 0 Å². The highest BCUT2D eigenvalue weighted by Gasteiger charge is 2.28. The molecule has 0 N–H and O–H groups in total. The Balaban J connectivity index is 1.82. The summed E-state index contributed by atoms with van der Waals surface area (Å²) in [6, 6.07) is 11.9. The molecule has 6 heteroatoms. The van der Waals surface area contributed by atoms with E-state index in [0.29, 0.717) is 5.39 Å². The highest BCUT2D eigenvalue weighted by Crippen LogP contribution is 2.41. The van der Waals surface area contributed by atoms with Crippen molar-refractivity contribution in [1.29, 1.82) is 0 Å². The van der Waals surface area contributed by atoms with Gasteiger partial charge in [0.05, 0.1) is 16.4 Å². The Labute approximate surface area is 143 Å². The lowest BCUT2D eigenvalue weighted by atomic mass is 10.0. The Morgan fingerprint density at radius 2 is 1.92 bits per heavy atom. The van der Waals surface area contributed by atoms with E-state index in [1.807, 2.05) is 24.3 Å². The molecule has 1 saturated heterocycles. The summed E-state index contributed by atoms with van der Waals surface area (Å²) in [5.41, 5.74) is 2.07. The van der Waals surface area contributed by atoms with Crippen molar-refractivity contribution in [3.8, 4) is 0 Å². The van der Waals surface area contributed by atoms with Crippen LogP contribution in [0.4, 0.5) is 15.8 Å². The Bertz CT molecular complexity index is 943. The van der Waals surface area contributed by atoms with Gasteiger partial charge in [0.25, 0.3) is 5.69 Å². The van der Waals surface area contributed by atoms with Crippen LogP contribution in [0.5, 0.6) is 0 Å². The predicted molar refractivity (Wildman–Crippen MR) is 94.1 cm³/mol. The molecule has 126 valence electrons. The number of hydrogen-bond donors (Lipinski definition) is 0. The van der Waals surface area contributed by atoms with Gasteiger partial charge in [0.1, 0.15) is 5.82 Å². The molecule has 2 heterocycles. The van der Waals surface area contributed by atoms with Gasteiger partial charge in [-0.3, -0.25) is 15.1 Å². The second-order valence-electron chi connectivity index (χ2n) is 6.19. The van der Waals surface area contributed by atoms with E-state index in [-0.39, 0.29) is 22.5 Å². The second kappa shape index (κ2) is 6.12. The molecule has 0 aliphatic carbocycles. The fourth-order valence-electron chi connectivity index (χ4n) is 3.66. The molecule has 4 rings (SSSR count). The first-order chi connectivity index (χ1) is 12.1. The molecule has 0 saturated carbocycles. The van der Waals surface area contributed by atoms with Gasteiger partial charge in [-0.2, -0.15) is 0 Å². The largest absolute Gasteiger partial charge is 0.364 e. The summed E-state index contributed by atoms with van der Waals surface area (Å²) in [5.74, 6) is -0.250. The molecule has 0 bridgehead atoms. The number of hydrogen-bond acceptors (Lipinski definition) is 4. The van der Waals surface area contributed by atoms with Crippen LogP contribution in [-0.4, -0.2) is 16.5 Å². The monoisotopic (exact) mass is 337 g/mol. The minimum Gasteiger partial charge on any atom is -0.364 e. The van der Waals surface area contributed by atoms with Gasteiger partial charge in [0.2, 0.25) is 0 Å². The SMILES string of the molecule is O=[N+]([O-])c1ccc(N2CCCC2c2ccc(F)cc2)c2ccncc12. The summed E-state index contributed by atoms with van der Waals surface area (Å²) in [6.45, 7) is 0.858. The van der Waals surface area contributed by atoms with Gasteiger partial charge in [-0.1, -0.05) is 12.1 Å². The summed E-state index contributed by atoms with van der Waals surface area (Å²) < 4.78 is 13.2. The first-order valence-electron chi connectivity index (χ1n) is 8.18. The molecule has 5 nitrogen and oxygen atoms in total. The van der Waals surface area contributed by atoms with Crippen LogP contribution >= 0.6 is 0 Å². The second-order valence-corrected chi connectivity index (χ2v) is 6.19. The Morgan fingerprint density at radius 3 is 2.68 bits per heavy atom. The van der Waals surface area contributed by atoms with Crippen LogP contribution in [0.1, 0.15) is 24.4 Å². The molecule has 1 fully saturated rings. The van der Waals surface area contributed by atoms with Gasteiger partial charge in [0, 0.05) is 36.1 Å². The van der Waals surface area contributed by atoms with Crippen LogP contribution in [0.2, 0.25) is 0 Å². The molecular weight excluding hydrogens is 321 g/mol. The van der Waals surface area contributed by atoms with Gasteiger partial charge in [-0.05, 0) is 42.7 Å². The Morgan fingerprint density at radius 1 is 1.12 bits per heavy atom. The number of non-ortho nitro benzene ring substituents is 1. The van der Waals surface area contributed by atoms with E-state index in [9.17, 15) is 14.5 Å². The minimum atomic E-state index is -0.380. The molecule has 3 aromatic rings. The molecule has 1 unspecified atom stereocenters. The van der Waals surface area contributed by atoms with Crippen molar-refractivity contribution in [2.45, 2.75) is 18.9 Å². The maximum absolute atomic E-state index is 13.2. The van der Waals surface area contributed by atoms with Gasteiger partial charge in [-0.15, -0.1) is 0 Å². The van der Waals surface area contributed by atoms with Crippen molar-refractivity contribution in [3.05, 3.63) is 76.4 Å². The van der Waals surface area contributed by atoms with Crippen LogP contribution < -0.4 is 4.90 Å².